The Hall–Kier alpha value is -1.82. The zero-order valence-electron chi connectivity index (χ0n) is 14.1. The van der Waals surface area contributed by atoms with E-state index in [2.05, 4.69) is 10.3 Å². The number of rotatable bonds is 5. The molecule has 0 radical (unpaired) electrons. The second kappa shape index (κ2) is 7.64. The fraction of sp³-hybridized carbons (Fsp3) is 0.647. The van der Waals surface area contributed by atoms with Gasteiger partial charge in [-0.05, 0) is 58.1 Å². The van der Waals surface area contributed by atoms with Crippen molar-refractivity contribution in [3.63, 3.8) is 0 Å². The molecule has 0 saturated carbocycles. The number of hydrogen-bond donors (Lipinski definition) is 2. The van der Waals surface area contributed by atoms with Gasteiger partial charge in [0.2, 0.25) is 0 Å². The predicted octanol–water partition coefficient (Wildman–Crippen LogP) is 2.22. The van der Waals surface area contributed by atoms with E-state index in [0.717, 1.165) is 36.3 Å². The molecule has 0 saturated heterocycles. The van der Waals surface area contributed by atoms with Crippen LogP contribution in [0, 0.1) is 0 Å². The maximum Gasteiger partial charge on any atom is 0.407 e. The summed E-state index contributed by atoms with van der Waals surface area (Å²) in [7, 11) is 0. The van der Waals surface area contributed by atoms with Gasteiger partial charge in [0.15, 0.2) is 0 Å². The summed E-state index contributed by atoms with van der Waals surface area (Å²) in [6, 6.07) is 1.96. The number of nitrogens with zero attached hydrogens (tertiary/aromatic N) is 1. The monoisotopic (exact) mass is 322 g/mol. The van der Waals surface area contributed by atoms with E-state index in [1.807, 2.05) is 26.8 Å². The van der Waals surface area contributed by atoms with Crippen LogP contribution >= 0.6 is 0 Å². The number of nitrogens with one attached hydrogen (secondary N) is 1. The summed E-state index contributed by atoms with van der Waals surface area (Å²) in [5, 5.41) is 12.0. The second-order valence-corrected chi connectivity index (χ2v) is 6.74. The Kier molecular flexibility index (Phi) is 5.82. The van der Waals surface area contributed by atoms with Gasteiger partial charge in [-0.25, -0.2) is 4.79 Å². The van der Waals surface area contributed by atoms with E-state index in [4.69, 9.17) is 9.47 Å². The molecular formula is C17H26N2O4. The number of aryl methyl sites for hydroxylation is 2. The number of aliphatic hydroxyl groups excluding tert-OH is 1. The molecule has 1 aliphatic heterocycles. The van der Waals surface area contributed by atoms with Gasteiger partial charge in [0.05, 0.1) is 12.3 Å². The molecule has 1 atom stereocenters. The van der Waals surface area contributed by atoms with Gasteiger partial charge < -0.3 is 19.9 Å². The molecule has 1 amide bonds. The molecule has 0 spiro atoms. The minimum absolute atomic E-state index is 0.0218. The lowest BCUT2D eigenvalue weighted by molar-refractivity contribution is 0.0527. The SMILES string of the molecule is CC(C)(C)OC(=O)NCCCc1nccc2c1O[C@@H](CO)CC2. The van der Waals surface area contributed by atoms with Gasteiger partial charge in [-0.3, -0.25) is 4.98 Å². The lowest BCUT2D eigenvalue weighted by atomic mass is 10.0. The van der Waals surface area contributed by atoms with Crippen LogP contribution in [0.3, 0.4) is 0 Å². The highest BCUT2D eigenvalue weighted by atomic mass is 16.6. The second-order valence-electron chi connectivity index (χ2n) is 6.74. The summed E-state index contributed by atoms with van der Waals surface area (Å²) in [4.78, 5) is 16.0. The molecule has 2 N–H and O–H groups in total. The Labute approximate surface area is 137 Å². The van der Waals surface area contributed by atoms with Crippen LogP contribution in [0.5, 0.6) is 5.75 Å². The van der Waals surface area contributed by atoms with E-state index in [0.29, 0.717) is 13.0 Å². The standard InChI is InChI=1S/C17H26N2O4/c1-17(2,3)23-16(21)19-9-4-5-14-15-12(8-10-18-14)6-7-13(11-20)22-15/h8,10,13,20H,4-7,9,11H2,1-3H3,(H,19,21)/t13-/m1/s1. The molecule has 128 valence electrons. The van der Waals surface area contributed by atoms with Gasteiger partial charge in [-0.15, -0.1) is 0 Å². The zero-order chi connectivity index (χ0) is 16.9. The molecule has 0 unspecified atom stereocenters. The van der Waals surface area contributed by atoms with Crippen LogP contribution in [0.4, 0.5) is 4.79 Å². The van der Waals surface area contributed by atoms with Crippen LogP contribution in [0.1, 0.15) is 44.9 Å². The summed E-state index contributed by atoms with van der Waals surface area (Å²) in [5.41, 5.74) is 1.53. The minimum atomic E-state index is -0.489. The maximum atomic E-state index is 11.6. The predicted molar refractivity (Wildman–Crippen MR) is 86.6 cm³/mol. The Morgan fingerprint density at radius 2 is 2.30 bits per heavy atom. The van der Waals surface area contributed by atoms with Crippen molar-refractivity contribution >= 4 is 6.09 Å². The van der Waals surface area contributed by atoms with Crippen molar-refractivity contribution < 1.29 is 19.4 Å². The average Bonchev–Trinajstić information content (AvgIpc) is 2.49. The fourth-order valence-electron chi connectivity index (χ4n) is 2.49. The van der Waals surface area contributed by atoms with Gasteiger partial charge in [0, 0.05) is 12.7 Å². The number of carbonyl (C=O) groups is 1. The van der Waals surface area contributed by atoms with Crippen molar-refractivity contribution in [1.29, 1.82) is 0 Å². The third-order valence-electron chi connectivity index (χ3n) is 3.54. The summed E-state index contributed by atoms with van der Waals surface area (Å²) >= 11 is 0. The van der Waals surface area contributed by atoms with Crippen molar-refractivity contribution in [2.45, 2.75) is 58.2 Å². The number of fused-ring (bicyclic) bond motifs is 1. The molecule has 1 aromatic rings. The summed E-state index contributed by atoms with van der Waals surface area (Å²) in [6.45, 7) is 6.04. The van der Waals surface area contributed by atoms with Crippen LogP contribution in [-0.4, -0.2) is 41.0 Å². The number of aliphatic hydroxyl groups is 1. The Morgan fingerprint density at radius 1 is 1.52 bits per heavy atom. The molecular weight excluding hydrogens is 296 g/mol. The van der Waals surface area contributed by atoms with E-state index in [9.17, 15) is 9.90 Å². The van der Waals surface area contributed by atoms with E-state index in [1.54, 1.807) is 6.20 Å². The maximum absolute atomic E-state index is 11.6. The van der Waals surface area contributed by atoms with Crippen LogP contribution in [0.2, 0.25) is 0 Å². The number of hydrogen-bond acceptors (Lipinski definition) is 5. The molecule has 2 heterocycles. The zero-order valence-corrected chi connectivity index (χ0v) is 14.1. The van der Waals surface area contributed by atoms with E-state index in [-0.39, 0.29) is 12.7 Å². The normalized spacial score (nSPS) is 17.1. The van der Waals surface area contributed by atoms with Crippen LogP contribution in [0.15, 0.2) is 12.3 Å². The average molecular weight is 322 g/mol. The number of ether oxygens (including phenoxy) is 2. The highest BCUT2D eigenvalue weighted by Crippen LogP contribution is 2.30. The van der Waals surface area contributed by atoms with Crippen molar-refractivity contribution in [3.8, 4) is 5.75 Å². The van der Waals surface area contributed by atoms with Crippen LogP contribution in [-0.2, 0) is 17.6 Å². The van der Waals surface area contributed by atoms with Crippen molar-refractivity contribution in [3.05, 3.63) is 23.5 Å². The highest BCUT2D eigenvalue weighted by molar-refractivity contribution is 5.67. The first-order valence-electron chi connectivity index (χ1n) is 8.10. The van der Waals surface area contributed by atoms with Gasteiger partial charge in [0.25, 0.3) is 0 Å². The van der Waals surface area contributed by atoms with Crippen molar-refractivity contribution in [2.24, 2.45) is 0 Å². The fourth-order valence-corrected chi connectivity index (χ4v) is 2.49. The Morgan fingerprint density at radius 3 is 3.00 bits per heavy atom. The Bertz CT molecular complexity index is 540. The molecule has 0 fully saturated rings. The highest BCUT2D eigenvalue weighted by Gasteiger charge is 2.22. The molecule has 2 rings (SSSR count). The third kappa shape index (κ3) is 5.39. The largest absolute Gasteiger partial charge is 0.486 e. The van der Waals surface area contributed by atoms with Crippen molar-refractivity contribution in [1.82, 2.24) is 10.3 Å². The first-order valence-corrected chi connectivity index (χ1v) is 8.10. The number of aromatic nitrogens is 1. The number of amides is 1. The summed E-state index contributed by atoms with van der Waals surface area (Å²) in [5.74, 6) is 0.801. The van der Waals surface area contributed by atoms with E-state index in [1.165, 1.54) is 0 Å². The molecule has 6 nitrogen and oxygen atoms in total. The van der Waals surface area contributed by atoms with E-state index >= 15 is 0 Å². The molecule has 0 aliphatic carbocycles. The topological polar surface area (TPSA) is 80.7 Å². The lowest BCUT2D eigenvalue weighted by Gasteiger charge is -2.26. The molecule has 1 aliphatic rings. The van der Waals surface area contributed by atoms with Gasteiger partial charge >= 0.3 is 6.09 Å². The number of pyridine rings is 1. The molecule has 6 heteroatoms. The molecule has 0 aromatic carbocycles. The Balaban J connectivity index is 1.84. The quantitative estimate of drug-likeness (QED) is 0.813. The van der Waals surface area contributed by atoms with Gasteiger partial charge in [0.1, 0.15) is 17.5 Å². The summed E-state index contributed by atoms with van der Waals surface area (Å²) < 4.78 is 11.0. The first kappa shape index (κ1) is 17.5. The number of alkyl carbamates (subject to hydrolysis) is 1. The van der Waals surface area contributed by atoms with E-state index < -0.39 is 11.7 Å². The van der Waals surface area contributed by atoms with Crippen LogP contribution < -0.4 is 10.1 Å². The lowest BCUT2D eigenvalue weighted by Crippen LogP contribution is -2.33. The molecule has 23 heavy (non-hydrogen) atoms. The molecule has 0 bridgehead atoms. The summed E-state index contributed by atoms with van der Waals surface area (Å²) in [6.07, 6.45) is 4.41. The third-order valence-corrected chi connectivity index (χ3v) is 3.54. The van der Waals surface area contributed by atoms with Gasteiger partial charge in [-0.1, -0.05) is 0 Å². The van der Waals surface area contributed by atoms with Gasteiger partial charge in [-0.2, -0.15) is 0 Å². The number of carbonyl (C=O) groups excluding carboxylic acids is 1. The minimum Gasteiger partial charge on any atom is -0.486 e. The molecule has 1 aromatic heterocycles. The van der Waals surface area contributed by atoms with Crippen molar-refractivity contribution in [2.75, 3.05) is 13.2 Å². The first-order chi connectivity index (χ1) is 10.9. The smallest absolute Gasteiger partial charge is 0.407 e. The van der Waals surface area contributed by atoms with Crippen LogP contribution in [0.25, 0.3) is 0 Å².